The third-order valence-electron chi connectivity index (χ3n) is 6.74. The van der Waals surface area contributed by atoms with Gasteiger partial charge >= 0.3 is 6.09 Å². The Balaban J connectivity index is 1.51. The van der Waals surface area contributed by atoms with Crippen molar-refractivity contribution in [3.05, 3.63) is 64.1 Å². The molecular weight excluding hydrogens is 586 g/mol. The highest BCUT2D eigenvalue weighted by atomic mass is 35.5. The third kappa shape index (κ3) is 7.44. The highest BCUT2D eigenvalue weighted by Crippen LogP contribution is 2.35. The number of ether oxygens (including phenoxy) is 3. The van der Waals surface area contributed by atoms with Gasteiger partial charge in [0.2, 0.25) is 0 Å². The van der Waals surface area contributed by atoms with Crippen LogP contribution in [-0.2, 0) is 21.3 Å². The van der Waals surface area contributed by atoms with Crippen LogP contribution in [0.3, 0.4) is 0 Å². The molecule has 1 aliphatic heterocycles. The van der Waals surface area contributed by atoms with Crippen molar-refractivity contribution in [1.29, 1.82) is 0 Å². The number of aryl methyl sites for hydroxylation is 1. The zero-order valence-electron chi connectivity index (χ0n) is 24.1. The normalized spacial score (nSPS) is 17.7. The number of anilines is 1. The van der Waals surface area contributed by atoms with Gasteiger partial charge in [0, 0.05) is 37.0 Å². The minimum atomic E-state index is -4.02. The second-order valence-corrected chi connectivity index (χ2v) is 14.2. The molecule has 0 saturated carbocycles. The zero-order valence-corrected chi connectivity index (χ0v) is 26.5. The molecule has 2 heterocycles. The van der Waals surface area contributed by atoms with Crippen LogP contribution in [0.2, 0.25) is 5.02 Å². The molecule has 41 heavy (non-hydrogen) atoms. The van der Waals surface area contributed by atoms with Gasteiger partial charge in [0.25, 0.3) is 10.0 Å². The Morgan fingerprint density at radius 1 is 1.22 bits per heavy atom. The van der Waals surface area contributed by atoms with Crippen LogP contribution in [0.15, 0.2) is 52.9 Å². The van der Waals surface area contributed by atoms with Crippen LogP contribution in [0.4, 0.5) is 9.93 Å². The van der Waals surface area contributed by atoms with Gasteiger partial charge in [-0.2, -0.15) is 0 Å². The van der Waals surface area contributed by atoms with E-state index in [1.54, 1.807) is 35.7 Å². The summed E-state index contributed by atoms with van der Waals surface area (Å²) in [4.78, 5) is 18.5. The molecule has 0 N–H and O–H groups in total. The van der Waals surface area contributed by atoms with Crippen molar-refractivity contribution in [2.75, 3.05) is 24.5 Å². The first kappa shape index (κ1) is 30.9. The van der Waals surface area contributed by atoms with Crippen molar-refractivity contribution in [3.8, 4) is 11.5 Å². The number of nitrogens with zero attached hydrogens (tertiary/aromatic N) is 3. The Morgan fingerprint density at radius 2 is 1.98 bits per heavy atom. The lowest BCUT2D eigenvalue weighted by Gasteiger charge is -2.37. The second-order valence-electron chi connectivity index (χ2n) is 11.1. The smallest absolute Gasteiger partial charge is 0.410 e. The van der Waals surface area contributed by atoms with Gasteiger partial charge in [-0.3, -0.25) is 0 Å². The maximum absolute atomic E-state index is 13.9. The summed E-state index contributed by atoms with van der Waals surface area (Å²) in [6.07, 6.45) is 1.63. The molecule has 1 fully saturated rings. The molecule has 222 valence electrons. The van der Waals surface area contributed by atoms with E-state index in [1.165, 1.54) is 27.8 Å². The molecule has 1 amide bonds. The van der Waals surface area contributed by atoms with Crippen molar-refractivity contribution in [3.63, 3.8) is 0 Å². The number of carbonyl (C=O) groups is 1. The van der Waals surface area contributed by atoms with Crippen LogP contribution in [0, 0.1) is 12.8 Å². The van der Waals surface area contributed by atoms with Crippen LogP contribution < -0.4 is 13.8 Å². The van der Waals surface area contributed by atoms with Gasteiger partial charge in [0.15, 0.2) is 5.13 Å². The molecule has 2 aromatic carbocycles. The summed E-state index contributed by atoms with van der Waals surface area (Å²) in [6.45, 7) is 10.5. The van der Waals surface area contributed by atoms with Gasteiger partial charge in [-0.15, -0.1) is 11.3 Å². The molecule has 0 aliphatic carbocycles. The average molecular weight is 622 g/mol. The highest BCUT2D eigenvalue weighted by Gasteiger charge is 2.33. The molecule has 9 nitrogen and oxygen atoms in total. The minimum absolute atomic E-state index is 0.0175. The summed E-state index contributed by atoms with van der Waals surface area (Å²) < 4.78 is 46.1. The lowest BCUT2D eigenvalue weighted by molar-refractivity contribution is 0.000365. The van der Waals surface area contributed by atoms with Gasteiger partial charge in [-0.25, -0.2) is 22.5 Å². The molecule has 2 atom stereocenters. The Labute approximate surface area is 251 Å². The van der Waals surface area contributed by atoms with E-state index in [0.717, 1.165) is 11.1 Å². The lowest BCUT2D eigenvalue weighted by Crippen LogP contribution is -2.48. The molecule has 1 saturated heterocycles. The molecule has 12 heteroatoms. The van der Waals surface area contributed by atoms with Crippen molar-refractivity contribution in [2.45, 2.75) is 64.2 Å². The second kappa shape index (κ2) is 12.5. The van der Waals surface area contributed by atoms with Crippen molar-refractivity contribution >= 4 is 44.2 Å². The number of halogens is 1. The van der Waals surface area contributed by atoms with E-state index in [9.17, 15) is 13.2 Å². The maximum atomic E-state index is 13.9. The molecular formula is C29H36ClN3O6S2. The van der Waals surface area contributed by atoms with E-state index < -0.39 is 15.6 Å². The first-order valence-corrected chi connectivity index (χ1v) is 16.0. The number of rotatable bonds is 8. The number of hydrogen-bond donors (Lipinski definition) is 0. The van der Waals surface area contributed by atoms with E-state index in [0.29, 0.717) is 36.1 Å². The van der Waals surface area contributed by atoms with Crippen molar-refractivity contribution in [1.82, 2.24) is 9.88 Å². The molecule has 1 aliphatic rings. The monoisotopic (exact) mass is 621 g/mol. The number of carbonyl (C=O) groups excluding carboxylic acids is 1. The number of piperidine rings is 1. The highest BCUT2D eigenvalue weighted by molar-refractivity contribution is 7.93. The largest absolute Gasteiger partial charge is 0.497 e. The summed E-state index contributed by atoms with van der Waals surface area (Å²) >= 11 is 7.82. The van der Waals surface area contributed by atoms with Crippen molar-refractivity contribution < 1.29 is 27.4 Å². The molecule has 3 aromatic rings. The maximum Gasteiger partial charge on any atom is 0.410 e. The lowest BCUT2D eigenvalue weighted by atomic mass is 9.96. The third-order valence-corrected chi connectivity index (χ3v) is 9.68. The van der Waals surface area contributed by atoms with Gasteiger partial charge in [-0.1, -0.05) is 24.6 Å². The van der Waals surface area contributed by atoms with E-state index in [1.807, 2.05) is 46.8 Å². The number of thiazole rings is 1. The fourth-order valence-electron chi connectivity index (χ4n) is 4.54. The number of sulfonamides is 1. The number of amides is 1. The standard InChI is InChI=1S/C29H36ClN3O6S2/c1-19-15-22(37-6)8-7-21(19)18-33(27-31-12-14-40-27)41(35,36)23-9-10-26(24(30)16-23)38-25-11-13-32(17-20(25)2)28(34)39-29(3,4)5/h7-10,12,14-16,20,25H,11,13,17-18H2,1-6H3/t20-,25+/m0/s1. The SMILES string of the molecule is COc1ccc(CN(c2nccs2)S(=O)(=O)c2ccc(O[C@@H]3CCN(C(=O)OC(C)(C)C)C[C@@H]3C)c(Cl)c2)c(C)c1. The van der Waals surface area contributed by atoms with Crippen LogP contribution in [0.25, 0.3) is 0 Å². The predicted molar refractivity (Wildman–Crippen MR) is 161 cm³/mol. The van der Waals surface area contributed by atoms with Crippen LogP contribution >= 0.6 is 22.9 Å². The summed E-state index contributed by atoms with van der Waals surface area (Å²) in [5, 5.41) is 2.27. The minimum Gasteiger partial charge on any atom is -0.497 e. The summed E-state index contributed by atoms with van der Waals surface area (Å²) in [5.41, 5.74) is 1.16. The van der Waals surface area contributed by atoms with Gasteiger partial charge in [0.05, 0.1) is 23.6 Å². The van der Waals surface area contributed by atoms with E-state index >= 15 is 0 Å². The Morgan fingerprint density at radius 3 is 2.56 bits per heavy atom. The van der Waals surface area contributed by atoms with Crippen molar-refractivity contribution in [2.24, 2.45) is 5.92 Å². The summed E-state index contributed by atoms with van der Waals surface area (Å²) in [5.74, 6) is 1.10. The van der Waals surface area contributed by atoms with Crippen LogP contribution in [-0.4, -0.2) is 56.3 Å². The summed E-state index contributed by atoms with van der Waals surface area (Å²) in [7, 11) is -2.43. The number of likely N-dealkylation sites (tertiary alicyclic amines) is 1. The van der Waals surface area contributed by atoms with E-state index in [4.69, 9.17) is 25.8 Å². The fourth-order valence-corrected chi connectivity index (χ4v) is 7.12. The van der Waals surface area contributed by atoms with E-state index in [2.05, 4.69) is 4.98 Å². The van der Waals surface area contributed by atoms with Crippen LogP contribution in [0.1, 0.15) is 45.2 Å². The van der Waals surface area contributed by atoms with E-state index in [-0.39, 0.29) is 34.6 Å². The first-order valence-electron chi connectivity index (χ1n) is 13.3. The number of methoxy groups -OCH3 is 1. The molecule has 0 spiro atoms. The van der Waals surface area contributed by atoms with Crippen LogP contribution in [0.5, 0.6) is 11.5 Å². The zero-order chi connectivity index (χ0) is 29.9. The molecule has 0 radical (unpaired) electrons. The molecule has 1 aromatic heterocycles. The fraction of sp³-hybridized carbons (Fsp3) is 0.448. The van der Waals surface area contributed by atoms with Gasteiger partial charge in [-0.05, 0) is 69.2 Å². The number of benzene rings is 2. The first-order chi connectivity index (χ1) is 19.3. The molecule has 4 rings (SSSR count). The van der Waals surface area contributed by atoms with Gasteiger partial charge < -0.3 is 19.1 Å². The number of hydrogen-bond acceptors (Lipinski definition) is 8. The Bertz CT molecular complexity index is 1470. The quantitative estimate of drug-likeness (QED) is 0.282. The Kier molecular flexibility index (Phi) is 9.40. The van der Waals surface area contributed by atoms with Gasteiger partial charge in [0.1, 0.15) is 23.2 Å². The topological polar surface area (TPSA) is 98.3 Å². The molecule has 0 unspecified atom stereocenters. The summed E-state index contributed by atoms with van der Waals surface area (Å²) in [6, 6.07) is 10.0. The predicted octanol–water partition coefficient (Wildman–Crippen LogP) is 6.53. The Hall–Kier alpha value is -3.02. The number of aromatic nitrogens is 1. The molecule has 0 bridgehead atoms. The average Bonchev–Trinajstić information content (AvgIpc) is 3.43.